The first-order valence-electron chi connectivity index (χ1n) is 19.2. The number of hydrogen-bond donors (Lipinski definition) is 3. The molecule has 0 saturated heterocycles. The maximum atomic E-state index is 13.0. The Morgan fingerprint density at radius 3 is 1.58 bits per heavy atom. The number of rotatable bonds is 33. The van der Waals surface area contributed by atoms with E-state index in [0.717, 1.165) is 38.5 Å². The average molecular weight is 728 g/mol. The van der Waals surface area contributed by atoms with Crippen molar-refractivity contribution >= 4 is 25.7 Å². The smallest absolute Gasteiger partial charge is 0.469 e. The molecule has 0 saturated carbocycles. The Morgan fingerprint density at radius 1 is 0.640 bits per heavy atom. The van der Waals surface area contributed by atoms with Gasteiger partial charge < -0.3 is 29.3 Å². The standard InChI is InChI=1S/C38H66NO10P/c1-3-5-7-9-11-13-15-17-19-21-29-47-36(40)28-27-35(38(42)48-30-22-20-18-16-14-12-10-8-6-4-2)39-37(41)33-23-25-34(26-24-33)46-31-32-49-50(43,44)45/h23-26,35H,3-22,27-32H2,1-2H3,(H,39,41)(H2,43,44,45)/t35-/m0/s1. The van der Waals surface area contributed by atoms with E-state index in [1.807, 2.05) is 0 Å². The van der Waals surface area contributed by atoms with Crippen molar-refractivity contribution in [3.63, 3.8) is 0 Å². The summed E-state index contributed by atoms with van der Waals surface area (Å²) in [7, 11) is -4.58. The second-order valence-corrected chi connectivity index (χ2v) is 14.3. The maximum absolute atomic E-state index is 13.0. The molecule has 0 radical (unpaired) electrons. The molecule has 1 atom stereocenters. The molecule has 1 rings (SSSR count). The minimum atomic E-state index is -4.58. The Hall–Kier alpha value is -2.46. The van der Waals surface area contributed by atoms with Crippen LogP contribution in [-0.4, -0.2) is 60.1 Å². The van der Waals surface area contributed by atoms with E-state index in [0.29, 0.717) is 12.4 Å². The highest BCUT2D eigenvalue weighted by molar-refractivity contribution is 7.46. The molecule has 0 aliphatic rings. The quantitative estimate of drug-likeness (QED) is 0.0363. The Kier molecular flexibility index (Phi) is 27.5. The highest BCUT2D eigenvalue weighted by atomic mass is 31.2. The Balaban J connectivity index is 2.51. The molecule has 0 unspecified atom stereocenters. The monoisotopic (exact) mass is 727 g/mol. The topological polar surface area (TPSA) is 158 Å². The molecule has 3 N–H and O–H groups in total. The number of carbonyl (C=O) groups is 3. The van der Waals surface area contributed by atoms with Crippen LogP contribution in [0.1, 0.15) is 165 Å². The molecule has 0 aromatic heterocycles. The number of unbranched alkanes of at least 4 members (excludes halogenated alkanes) is 18. The number of phosphoric acid groups is 1. The van der Waals surface area contributed by atoms with Crippen molar-refractivity contribution in [3.8, 4) is 5.75 Å². The number of amides is 1. The van der Waals surface area contributed by atoms with Crippen LogP contribution in [-0.2, 0) is 28.2 Å². The molecule has 1 amide bonds. The molecule has 12 heteroatoms. The van der Waals surface area contributed by atoms with E-state index >= 15 is 0 Å². The predicted octanol–water partition coefficient (Wildman–Crippen LogP) is 8.98. The van der Waals surface area contributed by atoms with Gasteiger partial charge in [-0.25, -0.2) is 9.36 Å². The van der Waals surface area contributed by atoms with E-state index < -0.39 is 31.7 Å². The van der Waals surface area contributed by atoms with Gasteiger partial charge in [0.2, 0.25) is 0 Å². The zero-order valence-electron chi connectivity index (χ0n) is 30.9. The van der Waals surface area contributed by atoms with Gasteiger partial charge >= 0.3 is 19.8 Å². The molecule has 11 nitrogen and oxygen atoms in total. The fraction of sp³-hybridized carbons (Fsp3) is 0.763. The van der Waals surface area contributed by atoms with Gasteiger partial charge in [0.05, 0.1) is 19.8 Å². The van der Waals surface area contributed by atoms with Crippen LogP contribution in [0.4, 0.5) is 0 Å². The van der Waals surface area contributed by atoms with Gasteiger partial charge in [-0.15, -0.1) is 0 Å². The molecule has 0 spiro atoms. The molecule has 50 heavy (non-hydrogen) atoms. The normalized spacial score (nSPS) is 12.0. The number of carbonyl (C=O) groups excluding carboxylic acids is 3. The Morgan fingerprint density at radius 2 is 1.10 bits per heavy atom. The minimum absolute atomic E-state index is 0.0283. The second-order valence-electron chi connectivity index (χ2n) is 13.0. The van der Waals surface area contributed by atoms with Gasteiger partial charge in [0.1, 0.15) is 18.4 Å². The molecule has 288 valence electrons. The van der Waals surface area contributed by atoms with Crippen LogP contribution < -0.4 is 10.1 Å². The number of esters is 2. The molecule has 0 fully saturated rings. The van der Waals surface area contributed by atoms with Crippen LogP contribution in [0.3, 0.4) is 0 Å². The molecule has 0 aliphatic heterocycles. The van der Waals surface area contributed by atoms with Crippen molar-refractivity contribution in [1.29, 1.82) is 0 Å². The largest absolute Gasteiger partial charge is 0.491 e. The number of ether oxygens (including phenoxy) is 3. The van der Waals surface area contributed by atoms with Crippen molar-refractivity contribution in [2.24, 2.45) is 0 Å². The van der Waals surface area contributed by atoms with Gasteiger partial charge in [-0.2, -0.15) is 0 Å². The van der Waals surface area contributed by atoms with Crippen molar-refractivity contribution in [2.45, 2.75) is 161 Å². The first-order chi connectivity index (χ1) is 24.2. The van der Waals surface area contributed by atoms with Gasteiger partial charge in [-0.1, -0.05) is 129 Å². The summed E-state index contributed by atoms with van der Waals surface area (Å²) in [5, 5.41) is 2.71. The Labute approximate surface area is 301 Å². The first-order valence-corrected chi connectivity index (χ1v) is 20.7. The molecule has 1 aromatic rings. The molecular formula is C38H66NO10P. The SMILES string of the molecule is CCCCCCCCCCCCOC(=O)CC[C@H](NC(=O)c1ccc(OCCOP(=O)(O)O)cc1)C(=O)OCCCCCCCCCCCC. The summed E-state index contributed by atoms with van der Waals surface area (Å²) in [5.74, 6) is -1.14. The van der Waals surface area contributed by atoms with E-state index in [4.69, 9.17) is 24.0 Å². The second kappa shape index (κ2) is 30.2. The van der Waals surface area contributed by atoms with Crippen LogP contribution >= 0.6 is 7.82 Å². The van der Waals surface area contributed by atoms with Gasteiger partial charge in [-0.05, 0) is 43.5 Å². The van der Waals surface area contributed by atoms with Gasteiger partial charge in [0, 0.05) is 12.0 Å². The summed E-state index contributed by atoms with van der Waals surface area (Å²) < 4.78 is 31.4. The average Bonchev–Trinajstić information content (AvgIpc) is 3.09. The predicted molar refractivity (Wildman–Crippen MR) is 196 cm³/mol. The van der Waals surface area contributed by atoms with E-state index in [9.17, 15) is 18.9 Å². The number of nitrogens with one attached hydrogen (secondary N) is 1. The Bertz CT molecular complexity index is 1060. The van der Waals surface area contributed by atoms with E-state index in [1.165, 1.54) is 114 Å². The zero-order valence-corrected chi connectivity index (χ0v) is 31.8. The summed E-state index contributed by atoms with van der Waals surface area (Å²) in [5.41, 5.74) is 0.264. The van der Waals surface area contributed by atoms with Gasteiger partial charge in [-0.3, -0.25) is 14.1 Å². The summed E-state index contributed by atoms with van der Waals surface area (Å²) in [6.45, 7) is 4.63. The highest BCUT2D eigenvalue weighted by Crippen LogP contribution is 2.35. The molecule has 0 bridgehead atoms. The summed E-state index contributed by atoms with van der Waals surface area (Å²) in [6, 6.07) is 5.03. The molecule has 1 aromatic carbocycles. The number of hydrogen-bond acceptors (Lipinski definition) is 8. The number of benzene rings is 1. The molecular weight excluding hydrogens is 661 g/mol. The van der Waals surface area contributed by atoms with Crippen molar-refractivity contribution < 1.29 is 47.5 Å². The van der Waals surface area contributed by atoms with Crippen LogP contribution in [0.5, 0.6) is 5.75 Å². The summed E-state index contributed by atoms with van der Waals surface area (Å²) in [4.78, 5) is 56.1. The fourth-order valence-electron chi connectivity index (χ4n) is 5.48. The number of phosphoric ester groups is 1. The summed E-state index contributed by atoms with van der Waals surface area (Å²) >= 11 is 0. The lowest BCUT2D eigenvalue weighted by molar-refractivity contribution is -0.147. The fourth-order valence-corrected chi connectivity index (χ4v) is 5.79. The highest BCUT2D eigenvalue weighted by Gasteiger charge is 2.24. The van der Waals surface area contributed by atoms with Crippen molar-refractivity contribution in [1.82, 2.24) is 5.32 Å². The molecule has 0 heterocycles. The van der Waals surface area contributed by atoms with Crippen molar-refractivity contribution in [3.05, 3.63) is 29.8 Å². The third-order valence-corrected chi connectivity index (χ3v) is 8.98. The third kappa shape index (κ3) is 26.4. The lowest BCUT2D eigenvalue weighted by Crippen LogP contribution is -2.42. The zero-order chi connectivity index (χ0) is 36.7. The van der Waals surface area contributed by atoms with E-state index in [2.05, 4.69) is 23.7 Å². The van der Waals surface area contributed by atoms with Crippen LogP contribution in [0, 0.1) is 0 Å². The third-order valence-electron chi connectivity index (χ3n) is 8.46. The van der Waals surface area contributed by atoms with Crippen LogP contribution in [0.15, 0.2) is 24.3 Å². The summed E-state index contributed by atoms with van der Waals surface area (Å²) in [6.07, 6.45) is 23.5. The lowest BCUT2D eigenvalue weighted by atomic mass is 10.1. The van der Waals surface area contributed by atoms with Gasteiger partial charge in [0.15, 0.2) is 0 Å². The first kappa shape index (κ1) is 45.6. The van der Waals surface area contributed by atoms with E-state index in [-0.39, 0.29) is 38.2 Å². The lowest BCUT2D eigenvalue weighted by Gasteiger charge is -2.18. The minimum Gasteiger partial charge on any atom is -0.491 e. The van der Waals surface area contributed by atoms with Crippen molar-refractivity contribution in [2.75, 3.05) is 26.4 Å². The maximum Gasteiger partial charge on any atom is 0.469 e. The molecule has 0 aliphatic carbocycles. The van der Waals surface area contributed by atoms with E-state index in [1.54, 1.807) is 0 Å². The van der Waals surface area contributed by atoms with Crippen LogP contribution in [0.2, 0.25) is 0 Å². The van der Waals surface area contributed by atoms with Gasteiger partial charge in [0.25, 0.3) is 5.91 Å². The van der Waals surface area contributed by atoms with Crippen LogP contribution in [0.25, 0.3) is 0 Å².